The Morgan fingerprint density at radius 1 is 1.35 bits per heavy atom. The Kier molecular flexibility index (Phi) is 5.12. The molecule has 3 N–H and O–H groups in total. The molecule has 0 radical (unpaired) electrons. The van der Waals surface area contributed by atoms with E-state index >= 15 is 0 Å². The Bertz CT molecular complexity index is 359. The van der Waals surface area contributed by atoms with Crippen LogP contribution in [0.15, 0.2) is 24.3 Å². The lowest BCUT2D eigenvalue weighted by Gasteiger charge is -2.18. The summed E-state index contributed by atoms with van der Waals surface area (Å²) in [5.41, 5.74) is 2.03. The molecule has 0 fully saturated rings. The normalized spacial score (nSPS) is 14.1. The average molecular weight is 237 g/mol. The van der Waals surface area contributed by atoms with Crippen LogP contribution in [0.2, 0.25) is 0 Å². The fourth-order valence-electron chi connectivity index (χ4n) is 1.51. The molecule has 0 spiro atoms. The van der Waals surface area contributed by atoms with Crippen molar-refractivity contribution in [3.8, 4) is 0 Å². The molecule has 0 saturated heterocycles. The van der Waals surface area contributed by atoms with E-state index in [0.29, 0.717) is 0 Å². The van der Waals surface area contributed by atoms with E-state index in [1.807, 2.05) is 24.3 Å². The summed E-state index contributed by atoms with van der Waals surface area (Å²) in [6.45, 7) is 3.27. The number of aliphatic hydroxyl groups excluding tert-OH is 2. The number of carbonyl (C=O) groups excluding carboxylic acids is 1. The molecule has 0 aliphatic rings. The summed E-state index contributed by atoms with van der Waals surface area (Å²) in [4.78, 5) is 11.3. The van der Waals surface area contributed by atoms with Crippen molar-refractivity contribution in [1.82, 2.24) is 5.32 Å². The summed E-state index contributed by atoms with van der Waals surface area (Å²) in [5, 5.41) is 20.9. The lowest BCUT2D eigenvalue weighted by atomic mass is 10.0. The zero-order valence-corrected chi connectivity index (χ0v) is 10.2. The number of hydrogen-bond acceptors (Lipinski definition) is 3. The zero-order chi connectivity index (χ0) is 12.8. The van der Waals surface area contributed by atoms with Gasteiger partial charge in [-0.05, 0) is 24.5 Å². The van der Waals surface area contributed by atoms with Crippen molar-refractivity contribution in [2.45, 2.75) is 32.4 Å². The van der Waals surface area contributed by atoms with Crippen LogP contribution >= 0.6 is 0 Å². The van der Waals surface area contributed by atoms with Gasteiger partial charge in [-0.15, -0.1) is 0 Å². The Labute approximate surface area is 101 Å². The maximum atomic E-state index is 11.3. The minimum Gasteiger partial charge on any atom is -0.394 e. The average Bonchev–Trinajstić information content (AvgIpc) is 2.35. The summed E-state index contributed by atoms with van der Waals surface area (Å²) in [5.74, 6) is -0.483. The first-order chi connectivity index (χ1) is 8.08. The highest BCUT2D eigenvalue weighted by Gasteiger charge is 2.16. The number of hydrogen-bond donors (Lipinski definition) is 3. The molecule has 1 rings (SSSR count). The van der Waals surface area contributed by atoms with E-state index in [2.05, 4.69) is 12.2 Å². The van der Waals surface area contributed by atoms with E-state index < -0.39 is 18.1 Å². The van der Waals surface area contributed by atoms with Gasteiger partial charge in [-0.1, -0.05) is 31.2 Å². The van der Waals surface area contributed by atoms with Gasteiger partial charge in [0, 0.05) is 0 Å². The highest BCUT2D eigenvalue weighted by Crippen LogP contribution is 2.14. The quantitative estimate of drug-likeness (QED) is 0.708. The van der Waals surface area contributed by atoms with Crippen LogP contribution in [-0.4, -0.2) is 28.8 Å². The Balaban J connectivity index is 2.75. The largest absolute Gasteiger partial charge is 0.394 e. The van der Waals surface area contributed by atoms with Crippen LogP contribution in [0, 0.1) is 0 Å². The van der Waals surface area contributed by atoms with Crippen LogP contribution in [0.1, 0.15) is 31.0 Å². The summed E-state index contributed by atoms with van der Waals surface area (Å²) in [6.07, 6.45) is -0.122. The number of rotatable bonds is 5. The van der Waals surface area contributed by atoms with E-state index in [0.717, 1.165) is 12.0 Å². The smallest absolute Gasteiger partial charge is 0.249 e. The fraction of sp³-hybridized carbons (Fsp3) is 0.462. The van der Waals surface area contributed by atoms with E-state index in [1.165, 1.54) is 12.5 Å². The van der Waals surface area contributed by atoms with Crippen LogP contribution in [0.4, 0.5) is 0 Å². The van der Waals surface area contributed by atoms with Gasteiger partial charge in [0.15, 0.2) is 0 Å². The van der Waals surface area contributed by atoms with Gasteiger partial charge in [0.1, 0.15) is 6.10 Å². The van der Waals surface area contributed by atoms with Crippen LogP contribution in [0.25, 0.3) is 0 Å². The maximum Gasteiger partial charge on any atom is 0.249 e. The van der Waals surface area contributed by atoms with E-state index in [-0.39, 0.29) is 6.61 Å². The monoisotopic (exact) mass is 237 g/mol. The number of carbonyl (C=O) groups is 1. The second kappa shape index (κ2) is 6.37. The van der Waals surface area contributed by atoms with Gasteiger partial charge >= 0.3 is 0 Å². The Morgan fingerprint density at radius 3 is 2.35 bits per heavy atom. The predicted molar refractivity (Wildman–Crippen MR) is 65.5 cm³/mol. The van der Waals surface area contributed by atoms with E-state index in [9.17, 15) is 9.90 Å². The van der Waals surface area contributed by atoms with Gasteiger partial charge in [0.05, 0.1) is 12.6 Å². The van der Waals surface area contributed by atoms with Gasteiger partial charge < -0.3 is 15.5 Å². The molecule has 1 aromatic carbocycles. The second-order valence-corrected chi connectivity index (χ2v) is 4.01. The van der Waals surface area contributed by atoms with Gasteiger partial charge in [-0.2, -0.15) is 0 Å². The van der Waals surface area contributed by atoms with Crippen LogP contribution in [0.3, 0.4) is 0 Å². The third-order valence-electron chi connectivity index (χ3n) is 2.67. The summed E-state index contributed by atoms with van der Waals surface area (Å²) in [6, 6.07) is 7.21. The highest BCUT2D eigenvalue weighted by molar-refractivity contribution is 5.80. The minimum absolute atomic E-state index is 0.191. The molecular formula is C13H19NO3. The fourth-order valence-corrected chi connectivity index (χ4v) is 1.51. The molecule has 4 nitrogen and oxygen atoms in total. The Hall–Kier alpha value is -1.39. The van der Waals surface area contributed by atoms with Crippen molar-refractivity contribution < 1.29 is 15.0 Å². The first kappa shape index (κ1) is 13.7. The van der Waals surface area contributed by atoms with Crippen LogP contribution in [0.5, 0.6) is 0 Å². The summed E-state index contributed by atoms with van der Waals surface area (Å²) < 4.78 is 0. The summed E-state index contributed by atoms with van der Waals surface area (Å²) >= 11 is 0. The minimum atomic E-state index is -1.07. The van der Waals surface area contributed by atoms with Crippen molar-refractivity contribution in [2.75, 3.05) is 6.61 Å². The molecule has 94 valence electrons. The molecule has 0 heterocycles. The molecule has 2 atom stereocenters. The van der Waals surface area contributed by atoms with E-state index in [1.54, 1.807) is 0 Å². The molecule has 0 aliphatic heterocycles. The second-order valence-electron chi connectivity index (χ2n) is 4.01. The van der Waals surface area contributed by atoms with Crippen molar-refractivity contribution in [2.24, 2.45) is 0 Å². The van der Waals surface area contributed by atoms with Gasteiger partial charge in [-0.25, -0.2) is 0 Å². The van der Waals surface area contributed by atoms with Crippen molar-refractivity contribution in [3.05, 3.63) is 35.4 Å². The molecule has 0 aromatic heterocycles. The van der Waals surface area contributed by atoms with Gasteiger partial charge in [0.25, 0.3) is 0 Å². The highest BCUT2D eigenvalue weighted by atomic mass is 16.3. The van der Waals surface area contributed by atoms with Crippen molar-refractivity contribution >= 4 is 5.91 Å². The molecule has 4 heteroatoms. The lowest BCUT2D eigenvalue weighted by Crippen LogP contribution is -2.37. The number of nitrogens with one attached hydrogen (secondary N) is 1. The van der Waals surface area contributed by atoms with Gasteiger partial charge in [-0.3, -0.25) is 4.79 Å². The standard InChI is InChI=1S/C13H19NO3/c1-3-10-4-6-11(7-5-10)12(8-15)14-13(17)9(2)16/h4-7,9,12,15-16H,3,8H2,1-2H3,(H,14,17). The molecule has 2 unspecified atom stereocenters. The summed E-state index contributed by atoms with van der Waals surface area (Å²) in [7, 11) is 0. The molecule has 17 heavy (non-hydrogen) atoms. The maximum absolute atomic E-state index is 11.3. The topological polar surface area (TPSA) is 69.6 Å². The number of benzene rings is 1. The molecule has 1 amide bonds. The first-order valence-corrected chi connectivity index (χ1v) is 5.76. The third kappa shape index (κ3) is 3.84. The zero-order valence-electron chi connectivity index (χ0n) is 10.2. The molecule has 0 saturated carbocycles. The first-order valence-electron chi connectivity index (χ1n) is 5.76. The molecule has 0 bridgehead atoms. The number of aliphatic hydroxyl groups is 2. The van der Waals surface area contributed by atoms with Crippen molar-refractivity contribution in [3.63, 3.8) is 0 Å². The SMILES string of the molecule is CCc1ccc(C(CO)NC(=O)C(C)O)cc1. The number of amides is 1. The molecule has 1 aromatic rings. The van der Waals surface area contributed by atoms with E-state index in [4.69, 9.17) is 5.11 Å². The van der Waals surface area contributed by atoms with Crippen LogP contribution < -0.4 is 5.32 Å². The Morgan fingerprint density at radius 2 is 1.94 bits per heavy atom. The predicted octanol–water partition coefficient (Wildman–Crippen LogP) is 0.779. The van der Waals surface area contributed by atoms with Gasteiger partial charge in [0.2, 0.25) is 5.91 Å². The van der Waals surface area contributed by atoms with Crippen LogP contribution in [-0.2, 0) is 11.2 Å². The third-order valence-corrected chi connectivity index (χ3v) is 2.67. The van der Waals surface area contributed by atoms with Crippen molar-refractivity contribution in [1.29, 1.82) is 0 Å². The number of aryl methyl sites for hydroxylation is 1. The molecular weight excluding hydrogens is 218 g/mol. The lowest BCUT2D eigenvalue weighted by molar-refractivity contribution is -0.129. The molecule has 0 aliphatic carbocycles.